The molecule has 0 aromatic heterocycles. The summed E-state index contributed by atoms with van der Waals surface area (Å²) in [6.45, 7) is 3.68. The Morgan fingerprint density at radius 1 is 1.36 bits per heavy atom. The Bertz CT molecular complexity index is 613. The van der Waals surface area contributed by atoms with Crippen LogP contribution < -0.4 is 4.72 Å². The standard InChI is InChI=1S/C15H22N2O4S/c1-3-22(19,20)16-14-6-4-13(5-7-14)15(18)17-9-8-12(10-17)11-21-2/h4-7,12,16H,3,8-11H2,1-2H3. The molecular formula is C15H22N2O4S. The first kappa shape index (κ1) is 16.8. The van der Waals surface area contributed by atoms with Crippen molar-refractivity contribution in [3.05, 3.63) is 29.8 Å². The van der Waals surface area contributed by atoms with Gasteiger partial charge in [-0.25, -0.2) is 8.42 Å². The maximum Gasteiger partial charge on any atom is 0.253 e. The summed E-state index contributed by atoms with van der Waals surface area (Å²) >= 11 is 0. The van der Waals surface area contributed by atoms with Crippen molar-refractivity contribution in [1.29, 1.82) is 0 Å². The van der Waals surface area contributed by atoms with Gasteiger partial charge in [0, 0.05) is 37.4 Å². The molecule has 0 aliphatic carbocycles. The molecule has 1 aliphatic rings. The van der Waals surface area contributed by atoms with Crippen LogP contribution in [0.2, 0.25) is 0 Å². The molecule has 1 N–H and O–H groups in total. The number of hydrogen-bond donors (Lipinski definition) is 1. The summed E-state index contributed by atoms with van der Waals surface area (Å²) in [4.78, 5) is 14.2. The molecule has 1 atom stereocenters. The van der Waals surface area contributed by atoms with E-state index >= 15 is 0 Å². The first-order valence-electron chi connectivity index (χ1n) is 7.34. The van der Waals surface area contributed by atoms with Gasteiger partial charge in [-0.2, -0.15) is 0 Å². The summed E-state index contributed by atoms with van der Waals surface area (Å²) in [5.41, 5.74) is 1.04. The lowest BCUT2D eigenvalue weighted by Crippen LogP contribution is -2.29. The van der Waals surface area contributed by atoms with Gasteiger partial charge in [0.15, 0.2) is 0 Å². The SMILES string of the molecule is CCS(=O)(=O)Nc1ccc(C(=O)N2CCC(COC)C2)cc1. The first-order valence-corrected chi connectivity index (χ1v) is 8.99. The van der Waals surface area contributed by atoms with Crippen LogP contribution in [0.5, 0.6) is 0 Å². The number of carbonyl (C=O) groups excluding carboxylic acids is 1. The Kier molecular flexibility index (Phi) is 5.42. The smallest absolute Gasteiger partial charge is 0.253 e. The molecule has 1 heterocycles. The second-order valence-electron chi connectivity index (χ2n) is 5.44. The van der Waals surface area contributed by atoms with E-state index in [0.717, 1.165) is 13.0 Å². The second-order valence-corrected chi connectivity index (χ2v) is 7.46. The molecule has 0 radical (unpaired) electrons. The average Bonchev–Trinajstić information content (AvgIpc) is 2.96. The molecule has 0 spiro atoms. The Morgan fingerprint density at radius 2 is 2.05 bits per heavy atom. The quantitative estimate of drug-likeness (QED) is 0.861. The minimum atomic E-state index is -3.29. The highest BCUT2D eigenvalue weighted by atomic mass is 32.2. The van der Waals surface area contributed by atoms with E-state index in [0.29, 0.717) is 30.3 Å². The highest BCUT2D eigenvalue weighted by Gasteiger charge is 2.26. The topological polar surface area (TPSA) is 75.7 Å². The number of nitrogens with zero attached hydrogens (tertiary/aromatic N) is 1. The lowest BCUT2D eigenvalue weighted by atomic mass is 10.1. The van der Waals surface area contributed by atoms with Crippen LogP contribution >= 0.6 is 0 Å². The van der Waals surface area contributed by atoms with Gasteiger partial charge in [0.1, 0.15) is 0 Å². The predicted octanol–water partition coefficient (Wildman–Crippen LogP) is 1.56. The third kappa shape index (κ3) is 4.20. The Morgan fingerprint density at radius 3 is 2.64 bits per heavy atom. The van der Waals surface area contributed by atoms with Gasteiger partial charge in [-0.3, -0.25) is 9.52 Å². The Labute approximate surface area is 131 Å². The number of carbonyl (C=O) groups is 1. The number of ether oxygens (including phenoxy) is 1. The van der Waals surface area contributed by atoms with Crippen LogP contribution in [-0.2, 0) is 14.8 Å². The van der Waals surface area contributed by atoms with E-state index in [2.05, 4.69) is 4.72 Å². The summed E-state index contributed by atoms with van der Waals surface area (Å²) in [7, 11) is -1.63. The molecule has 122 valence electrons. The van der Waals surface area contributed by atoms with Crippen molar-refractivity contribution in [1.82, 2.24) is 4.90 Å². The van der Waals surface area contributed by atoms with Gasteiger partial charge < -0.3 is 9.64 Å². The molecule has 0 bridgehead atoms. The highest BCUT2D eigenvalue weighted by Crippen LogP contribution is 2.20. The maximum absolute atomic E-state index is 12.4. The molecule has 0 saturated carbocycles. The van der Waals surface area contributed by atoms with Crippen molar-refractivity contribution in [2.45, 2.75) is 13.3 Å². The molecule has 7 heteroatoms. The van der Waals surface area contributed by atoms with Crippen LogP contribution in [0.15, 0.2) is 24.3 Å². The summed E-state index contributed by atoms with van der Waals surface area (Å²) < 4.78 is 30.6. The summed E-state index contributed by atoms with van der Waals surface area (Å²) in [6.07, 6.45) is 0.952. The number of amides is 1. The van der Waals surface area contributed by atoms with Crippen molar-refractivity contribution >= 4 is 21.6 Å². The molecule has 2 rings (SSSR count). The van der Waals surface area contributed by atoms with Crippen LogP contribution in [0.1, 0.15) is 23.7 Å². The van der Waals surface area contributed by atoms with Gasteiger partial charge in [-0.05, 0) is 37.6 Å². The third-order valence-electron chi connectivity index (χ3n) is 3.76. The molecule has 1 unspecified atom stereocenters. The third-order valence-corrected chi connectivity index (χ3v) is 5.07. The second kappa shape index (κ2) is 7.11. The lowest BCUT2D eigenvalue weighted by Gasteiger charge is -2.16. The van der Waals surface area contributed by atoms with Crippen LogP contribution in [0.25, 0.3) is 0 Å². The molecule has 1 amide bonds. The fourth-order valence-electron chi connectivity index (χ4n) is 2.50. The normalized spacial score (nSPS) is 18.5. The Balaban J connectivity index is 2.00. The van der Waals surface area contributed by atoms with Crippen molar-refractivity contribution in [3.63, 3.8) is 0 Å². The fraction of sp³-hybridized carbons (Fsp3) is 0.533. The van der Waals surface area contributed by atoms with Crippen LogP contribution in [-0.4, -0.2) is 51.8 Å². The van der Waals surface area contributed by atoms with Crippen LogP contribution in [0.4, 0.5) is 5.69 Å². The van der Waals surface area contributed by atoms with Gasteiger partial charge in [0.25, 0.3) is 5.91 Å². The zero-order valence-corrected chi connectivity index (χ0v) is 13.7. The van der Waals surface area contributed by atoms with Gasteiger partial charge in [0.05, 0.1) is 12.4 Å². The molecule has 1 aromatic carbocycles. The first-order chi connectivity index (χ1) is 10.4. The van der Waals surface area contributed by atoms with E-state index in [9.17, 15) is 13.2 Å². The van der Waals surface area contributed by atoms with E-state index in [1.54, 1.807) is 38.3 Å². The molecule has 1 saturated heterocycles. The molecular weight excluding hydrogens is 304 g/mol. The number of hydrogen-bond acceptors (Lipinski definition) is 4. The van der Waals surface area contributed by atoms with Crippen molar-refractivity contribution < 1.29 is 17.9 Å². The highest BCUT2D eigenvalue weighted by molar-refractivity contribution is 7.92. The van der Waals surface area contributed by atoms with Gasteiger partial charge in [-0.1, -0.05) is 0 Å². The van der Waals surface area contributed by atoms with Gasteiger partial charge in [-0.15, -0.1) is 0 Å². The average molecular weight is 326 g/mol. The maximum atomic E-state index is 12.4. The minimum Gasteiger partial charge on any atom is -0.384 e. The summed E-state index contributed by atoms with van der Waals surface area (Å²) in [5.74, 6) is 0.385. The number of likely N-dealkylation sites (tertiary alicyclic amines) is 1. The lowest BCUT2D eigenvalue weighted by molar-refractivity contribution is 0.0775. The predicted molar refractivity (Wildman–Crippen MR) is 85.4 cm³/mol. The number of anilines is 1. The van der Waals surface area contributed by atoms with Gasteiger partial charge in [0.2, 0.25) is 10.0 Å². The molecule has 22 heavy (non-hydrogen) atoms. The number of nitrogens with one attached hydrogen (secondary N) is 1. The number of methoxy groups -OCH3 is 1. The van der Waals surface area contributed by atoms with E-state index in [-0.39, 0.29) is 11.7 Å². The van der Waals surface area contributed by atoms with Crippen molar-refractivity contribution in [3.8, 4) is 0 Å². The monoisotopic (exact) mass is 326 g/mol. The zero-order chi connectivity index (χ0) is 16.2. The van der Waals surface area contributed by atoms with Crippen molar-refractivity contribution in [2.75, 3.05) is 37.3 Å². The number of rotatable bonds is 6. The summed E-state index contributed by atoms with van der Waals surface area (Å²) in [5, 5.41) is 0. The molecule has 6 nitrogen and oxygen atoms in total. The van der Waals surface area contributed by atoms with Gasteiger partial charge >= 0.3 is 0 Å². The number of benzene rings is 1. The van der Waals surface area contributed by atoms with Crippen molar-refractivity contribution in [2.24, 2.45) is 5.92 Å². The zero-order valence-electron chi connectivity index (χ0n) is 12.9. The number of sulfonamides is 1. The fourth-order valence-corrected chi connectivity index (χ4v) is 3.14. The summed E-state index contributed by atoms with van der Waals surface area (Å²) in [6, 6.07) is 6.53. The van der Waals surface area contributed by atoms with E-state index in [1.165, 1.54) is 0 Å². The van der Waals surface area contributed by atoms with Crippen LogP contribution in [0.3, 0.4) is 0 Å². The molecule has 1 aromatic rings. The van der Waals surface area contributed by atoms with Crippen LogP contribution in [0, 0.1) is 5.92 Å². The molecule has 1 fully saturated rings. The van der Waals surface area contributed by atoms with E-state index in [1.807, 2.05) is 4.90 Å². The van der Waals surface area contributed by atoms with E-state index in [4.69, 9.17) is 4.74 Å². The largest absolute Gasteiger partial charge is 0.384 e. The molecule has 1 aliphatic heterocycles. The minimum absolute atomic E-state index is 0.0162. The van der Waals surface area contributed by atoms with E-state index < -0.39 is 10.0 Å². The Hall–Kier alpha value is -1.60.